The Morgan fingerprint density at radius 2 is 1.83 bits per heavy atom. The molecule has 2 aliphatic heterocycles. The SMILES string of the molecule is Cc1ccc2cc1CNC(=O)[C@H](CCc1ccccc1)NC(=O)[C@@H](NC(=O)C1(CO)CCCC1)CC(=O)N1CCCC(CCO2)C1. The molecule has 1 saturated heterocycles. The standard InChI is InChI=1S/C36H48N4O6/c1-25-11-13-29-20-28(25)22-37-33(43)30(14-12-26-8-3-2-4-9-26)38-34(44)31(39-35(45)36(24-41)16-5-6-17-36)21-32(42)40-18-7-10-27(23-40)15-19-46-29/h2-4,8-9,11,13,20,27,30-31,41H,5-7,10,12,14-19,21-24H2,1H3,(H,37,43)(H,38,44)(H,39,45)/t27?,30-,31-/m0/s1. The number of hydrogen-bond acceptors (Lipinski definition) is 6. The van der Waals surface area contributed by atoms with Crippen molar-refractivity contribution in [2.75, 3.05) is 26.3 Å². The molecule has 0 aromatic heterocycles. The number of nitrogens with zero attached hydrogens (tertiary/aromatic N) is 1. The average molecular weight is 633 g/mol. The highest BCUT2D eigenvalue weighted by Crippen LogP contribution is 2.38. The number of hydrogen-bond donors (Lipinski definition) is 4. The third-order valence-electron chi connectivity index (χ3n) is 9.98. The van der Waals surface area contributed by atoms with Gasteiger partial charge in [0.2, 0.25) is 23.6 Å². The maximum Gasteiger partial charge on any atom is 0.243 e. The second-order valence-electron chi connectivity index (χ2n) is 13.3. The smallest absolute Gasteiger partial charge is 0.243 e. The van der Waals surface area contributed by atoms with Gasteiger partial charge in [0.05, 0.1) is 25.0 Å². The number of carbonyl (C=O) groups is 4. The Labute approximate surface area is 271 Å². The summed E-state index contributed by atoms with van der Waals surface area (Å²) in [6, 6.07) is 13.5. The molecule has 10 heteroatoms. The average Bonchev–Trinajstić information content (AvgIpc) is 3.57. The van der Waals surface area contributed by atoms with Gasteiger partial charge in [0.15, 0.2) is 0 Å². The maximum atomic E-state index is 14.0. The Kier molecular flexibility index (Phi) is 11.3. The van der Waals surface area contributed by atoms with Gasteiger partial charge in [-0.15, -0.1) is 0 Å². The number of aryl methyl sites for hydroxylation is 2. The summed E-state index contributed by atoms with van der Waals surface area (Å²) >= 11 is 0. The summed E-state index contributed by atoms with van der Waals surface area (Å²) in [6.07, 6.45) is 5.94. The van der Waals surface area contributed by atoms with Crippen LogP contribution in [0, 0.1) is 18.3 Å². The van der Waals surface area contributed by atoms with E-state index in [0.29, 0.717) is 45.4 Å². The molecule has 0 spiro atoms. The molecule has 3 atom stereocenters. The molecule has 4 N–H and O–H groups in total. The van der Waals surface area contributed by atoms with E-state index in [9.17, 15) is 24.3 Å². The summed E-state index contributed by atoms with van der Waals surface area (Å²) in [5.41, 5.74) is 1.99. The first-order valence-corrected chi connectivity index (χ1v) is 16.8. The minimum Gasteiger partial charge on any atom is -0.494 e. The number of aliphatic hydroxyl groups excluding tert-OH is 1. The zero-order valence-electron chi connectivity index (χ0n) is 26.9. The summed E-state index contributed by atoms with van der Waals surface area (Å²) in [7, 11) is 0. The molecule has 5 rings (SSSR count). The summed E-state index contributed by atoms with van der Waals surface area (Å²) in [6.45, 7) is 3.58. The number of piperidine rings is 1. The van der Waals surface area contributed by atoms with Crippen LogP contribution in [-0.2, 0) is 32.1 Å². The lowest BCUT2D eigenvalue weighted by molar-refractivity contribution is -0.141. The van der Waals surface area contributed by atoms with E-state index in [1.165, 1.54) is 0 Å². The lowest BCUT2D eigenvalue weighted by Gasteiger charge is -2.34. The third kappa shape index (κ3) is 8.46. The second-order valence-corrected chi connectivity index (χ2v) is 13.3. The van der Waals surface area contributed by atoms with Crippen LogP contribution in [0.15, 0.2) is 48.5 Å². The molecule has 4 bridgehead atoms. The molecule has 46 heavy (non-hydrogen) atoms. The lowest BCUT2D eigenvalue weighted by Crippen LogP contribution is -2.57. The number of carbonyl (C=O) groups excluding carboxylic acids is 4. The monoisotopic (exact) mass is 632 g/mol. The van der Waals surface area contributed by atoms with Gasteiger partial charge in [-0.05, 0) is 86.6 Å². The number of amides is 4. The number of nitrogens with one attached hydrogen (secondary N) is 3. The molecule has 10 nitrogen and oxygen atoms in total. The fraction of sp³-hybridized carbons (Fsp3) is 0.556. The fourth-order valence-electron chi connectivity index (χ4n) is 6.93. The minimum atomic E-state index is -1.18. The lowest BCUT2D eigenvalue weighted by atomic mass is 9.85. The van der Waals surface area contributed by atoms with Crippen molar-refractivity contribution in [2.45, 2.75) is 89.8 Å². The van der Waals surface area contributed by atoms with Crippen LogP contribution in [0.25, 0.3) is 0 Å². The maximum absolute atomic E-state index is 14.0. The van der Waals surface area contributed by atoms with Crippen molar-refractivity contribution in [1.82, 2.24) is 20.9 Å². The van der Waals surface area contributed by atoms with E-state index in [0.717, 1.165) is 54.5 Å². The van der Waals surface area contributed by atoms with Crippen molar-refractivity contribution in [2.24, 2.45) is 11.3 Å². The van der Waals surface area contributed by atoms with E-state index in [-0.39, 0.29) is 37.3 Å². The predicted octanol–water partition coefficient (Wildman–Crippen LogP) is 3.18. The quantitative estimate of drug-likeness (QED) is 0.386. The molecular weight excluding hydrogens is 584 g/mol. The van der Waals surface area contributed by atoms with Gasteiger partial charge < -0.3 is 30.7 Å². The molecule has 2 aromatic rings. The van der Waals surface area contributed by atoms with Gasteiger partial charge in [-0.3, -0.25) is 19.2 Å². The predicted molar refractivity (Wildman–Crippen MR) is 174 cm³/mol. The second kappa shape index (κ2) is 15.6. The van der Waals surface area contributed by atoms with E-state index in [1.807, 2.05) is 55.5 Å². The van der Waals surface area contributed by atoms with Gasteiger partial charge in [-0.2, -0.15) is 0 Å². The van der Waals surface area contributed by atoms with Crippen LogP contribution in [0.5, 0.6) is 5.75 Å². The van der Waals surface area contributed by atoms with Crippen LogP contribution in [0.4, 0.5) is 0 Å². The van der Waals surface area contributed by atoms with E-state index >= 15 is 0 Å². The highest BCUT2D eigenvalue weighted by molar-refractivity contribution is 5.96. The Hall–Kier alpha value is -3.92. The van der Waals surface area contributed by atoms with Crippen LogP contribution in [-0.4, -0.2) is 72.0 Å². The van der Waals surface area contributed by atoms with Gasteiger partial charge in [0, 0.05) is 19.6 Å². The first-order chi connectivity index (χ1) is 22.3. The van der Waals surface area contributed by atoms with Gasteiger partial charge in [0.25, 0.3) is 0 Å². The highest BCUT2D eigenvalue weighted by Gasteiger charge is 2.43. The summed E-state index contributed by atoms with van der Waals surface area (Å²) < 4.78 is 6.10. The van der Waals surface area contributed by atoms with Gasteiger partial charge in [0.1, 0.15) is 17.8 Å². The van der Waals surface area contributed by atoms with Crippen LogP contribution in [0.1, 0.15) is 74.5 Å². The third-order valence-corrected chi connectivity index (χ3v) is 9.98. The summed E-state index contributed by atoms with van der Waals surface area (Å²) in [5, 5.41) is 18.9. The molecule has 1 saturated carbocycles. The minimum absolute atomic E-state index is 0.217. The Morgan fingerprint density at radius 1 is 1.04 bits per heavy atom. The van der Waals surface area contributed by atoms with Gasteiger partial charge >= 0.3 is 0 Å². The van der Waals surface area contributed by atoms with Crippen molar-refractivity contribution in [1.29, 1.82) is 0 Å². The molecule has 248 valence electrons. The van der Waals surface area contributed by atoms with Crippen LogP contribution >= 0.6 is 0 Å². The molecular formula is C36H48N4O6. The molecule has 2 aromatic carbocycles. The van der Waals surface area contributed by atoms with Crippen molar-refractivity contribution in [3.63, 3.8) is 0 Å². The zero-order chi connectivity index (χ0) is 32.5. The normalized spacial score (nSPS) is 24.2. The van der Waals surface area contributed by atoms with Crippen LogP contribution < -0.4 is 20.7 Å². The van der Waals surface area contributed by atoms with E-state index in [4.69, 9.17) is 4.74 Å². The topological polar surface area (TPSA) is 137 Å². The largest absolute Gasteiger partial charge is 0.494 e. The first-order valence-electron chi connectivity index (χ1n) is 16.8. The number of fused-ring (bicyclic) bond motifs is 4. The number of rotatable bonds is 6. The molecule has 4 amide bonds. The van der Waals surface area contributed by atoms with Crippen molar-refractivity contribution in [3.05, 3.63) is 65.2 Å². The van der Waals surface area contributed by atoms with E-state index in [1.54, 1.807) is 4.90 Å². The number of benzene rings is 2. The first kappa shape index (κ1) is 33.4. The van der Waals surface area contributed by atoms with Crippen LogP contribution in [0.3, 0.4) is 0 Å². The van der Waals surface area contributed by atoms with Crippen LogP contribution in [0.2, 0.25) is 0 Å². The highest BCUT2D eigenvalue weighted by atomic mass is 16.5. The summed E-state index contributed by atoms with van der Waals surface area (Å²) in [5.74, 6) is -0.574. The molecule has 3 aliphatic rings. The number of ether oxygens (including phenoxy) is 1. The Balaban J connectivity index is 1.42. The van der Waals surface area contributed by atoms with Crippen molar-refractivity contribution in [3.8, 4) is 5.75 Å². The molecule has 1 unspecified atom stereocenters. The van der Waals surface area contributed by atoms with Gasteiger partial charge in [-0.1, -0.05) is 49.2 Å². The van der Waals surface area contributed by atoms with Gasteiger partial charge in [-0.25, -0.2) is 0 Å². The fourth-order valence-corrected chi connectivity index (χ4v) is 6.93. The van der Waals surface area contributed by atoms with E-state index in [2.05, 4.69) is 16.0 Å². The van der Waals surface area contributed by atoms with Crippen molar-refractivity contribution >= 4 is 23.6 Å². The van der Waals surface area contributed by atoms with Crippen molar-refractivity contribution < 1.29 is 29.0 Å². The molecule has 1 aliphatic carbocycles. The molecule has 2 heterocycles. The molecule has 0 radical (unpaired) electrons. The Bertz CT molecular complexity index is 1380. The molecule has 2 fully saturated rings. The summed E-state index contributed by atoms with van der Waals surface area (Å²) in [4.78, 5) is 56.7. The number of aliphatic hydroxyl groups is 1. The van der Waals surface area contributed by atoms with E-state index < -0.39 is 29.3 Å². The zero-order valence-corrected chi connectivity index (χ0v) is 26.9. The Morgan fingerprint density at radius 3 is 2.59 bits per heavy atom.